The van der Waals surface area contributed by atoms with Gasteiger partial charge in [-0.15, -0.1) is 0 Å². The summed E-state index contributed by atoms with van der Waals surface area (Å²) in [6.45, 7) is 1.13. The van der Waals surface area contributed by atoms with Crippen molar-refractivity contribution in [3.8, 4) is 11.3 Å². The highest BCUT2D eigenvalue weighted by atomic mass is 35.5. The monoisotopic (exact) mass is 450 g/mol. The largest absolute Gasteiger partial charge is 0.305 e. The van der Waals surface area contributed by atoms with E-state index in [0.29, 0.717) is 18.1 Å². The summed E-state index contributed by atoms with van der Waals surface area (Å²) in [5.41, 5.74) is 4.01. The first-order valence-corrected chi connectivity index (χ1v) is 12.1. The first-order chi connectivity index (χ1) is 15.6. The third-order valence-corrected chi connectivity index (χ3v) is 8.12. The Balaban J connectivity index is 1.27. The van der Waals surface area contributed by atoms with Crippen molar-refractivity contribution in [2.24, 2.45) is 17.8 Å². The summed E-state index contributed by atoms with van der Waals surface area (Å²) in [6, 6.07) is 14.7. The Morgan fingerprint density at radius 1 is 0.969 bits per heavy atom. The molecule has 4 aliphatic carbocycles. The van der Waals surface area contributed by atoms with Crippen LogP contribution >= 0.6 is 11.6 Å². The third-order valence-electron chi connectivity index (χ3n) is 7.77. The summed E-state index contributed by atoms with van der Waals surface area (Å²) in [5.74, 6) is 2.37. The molecule has 32 heavy (non-hydrogen) atoms. The molecular formula is C26H28ClFN4. The summed E-state index contributed by atoms with van der Waals surface area (Å²) >= 11 is 6.26. The zero-order chi connectivity index (χ0) is 21.7. The van der Waals surface area contributed by atoms with Crippen LogP contribution in [0.3, 0.4) is 0 Å². The Bertz CT molecular complexity index is 1090. The van der Waals surface area contributed by atoms with Gasteiger partial charge in [0.25, 0.3) is 0 Å². The van der Waals surface area contributed by atoms with Gasteiger partial charge < -0.3 is 5.32 Å². The summed E-state index contributed by atoms with van der Waals surface area (Å²) < 4.78 is 13.5. The number of nitrogens with one attached hydrogen (secondary N) is 1. The second-order valence-corrected chi connectivity index (χ2v) is 10.6. The number of benzene rings is 2. The summed E-state index contributed by atoms with van der Waals surface area (Å²) in [4.78, 5) is 1.69. The first-order valence-electron chi connectivity index (χ1n) is 11.7. The van der Waals surface area contributed by atoms with Crippen LogP contribution in [0.1, 0.15) is 49.8 Å². The van der Waals surface area contributed by atoms with Gasteiger partial charge in [0.1, 0.15) is 17.2 Å². The van der Waals surface area contributed by atoms with Gasteiger partial charge in [-0.2, -0.15) is 15.0 Å². The molecule has 0 saturated heterocycles. The molecule has 4 bridgehead atoms. The quantitative estimate of drug-likeness (QED) is 0.512. The molecule has 1 heterocycles. The molecule has 0 spiro atoms. The van der Waals surface area contributed by atoms with Crippen molar-refractivity contribution in [1.29, 1.82) is 0 Å². The predicted octanol–water partition coefficient (Wildman–Crippen LogP) is 5.84. The number of rotatable bonds is 6. The molecular weight excluding hydrogens is 423 g/mol. The van der Waals surface area contributed by atoms with Crippen molar-refractivity contribution in [2.45, 2.75) is 57.2 Å². The van der Waals surface area contributed by atoms with E-state index in [1.165, 1.54) is 50.7 Å². The number of halogens is 2. The van der Waals surface area contributed by atoms with Crippen molar-refractivity contribution in [3.63, 3.8) is 0 Å². The molecule has 0 unspecified atom stereocenters. The summed E-state index contributed by atoms with van der Waals surface area (Å²) in [6.07, 6.45) is 8.22. The zero-order valence-electron chi connectivity index (χ0n) is 18.1. The molecule has 1 N–H and O–H groups in total. The van der Waals surface area contributed by atoms with Crippen LogP contribution in [-0.4, -0.2) is 20.5 Å². The van der Waals surface area contributed by atoms with E-state index in [2.05, 4.69) is 17.4 Å². The molecule has 3 aromatic rings. The van der Waals surface area contributed by atoms with Gasteiger partial charge in [-0.25, -0.2) is 4.39 Å². The molecule has 4 saturated carbocycles. The Labute approximate surface area is 193 Å². The fourth-order valence-corrected chi connectivity index (χ4v) is 7.02. The fraction of sp³-hybridized carbons (Fsp3) is 0.462. The van der Waals surface area contributed by atoms with E-state index in [4.69, 9.17) is 21.8 Å². The van der Waals surface area contributed by atoms with E-state index < -0.39 is 0 Å². The highest BCUT2D eigenvalue weighted by Crippen LogP contribution is 2.55. The maximum atomic E-state index is 13.5. The van der Waals surface area contributed by atoms with Crippen LogP contribution in [0.2, 0.25) is 5.02 Å². The number of hydrogen-bond donors (Lipinski definition) is 1. The second kappa shape index (κ2) is 7.96. The Kier molecular flexibility index (Phi) is 5.07. The minimum Gasteiger partial charge on any atom is -0.305 e. The van der Waals surface area contributed by atoms with Crippen LogP contribution in [0.25, 0.3) is 11.3 Å². The van der Waals surface area contributed by atoms with Gasteiger partial charge in [0, 0.05) is 22.7 Å². The van der Waals surface area contributed by atoms with Crippen LogP contribution in [-0.2, 0) is 13.1 Å². The van der Waals surface area contributed by atoms with E-state index in [1.54, 1.807) is 10.9 Å². The lowest BCUT2D eigenvalue weighted by molar-refractivity contribution is -0.0207. The van der Waals surface area contributed by atoms with Gasteiger partial charge in [0.15, 0.2) is 0 Å². The van der Waals surface area contributed by atoms with Gasteiger partial charge in [0.05, 0.1) is 6.54 Å². The predicted molar refractivity (Wildman–Crippen MR) is 124 cm³/mol. The van der Waals surface area contributed by atoms with Gasteiger partial charge >= 0.3 is 0 Å². The van der Waals surface area contributed by atoms with Gasteiger partial charge in [-0.05, 0) is 74.0 Å². The molecule has 4 nitrogen and oxygen atoms in total. The molecule has 166 valence electrons. The smallest absolute Gasteiger partial charge is 0.124 e. The van der Waals surface area contributed by atoms with Crippen LogP contribution in [0.4, 0.5) is 4.39 Å². The van der Waals surface area contributed by atoms with Crippen LogP contribution < -0.4 is 5.32 Å². The van der Waals surface area contributed by atoms with Crippen molar-refractivity contribution in [3.05, 3.63) is 70.6 Å². The molecule has 6 heteroatoms. The Hall–Kier alpha value is -2.24. The summed E-state index contributed by atoms with van der Waals surface area (Å²) in [7, 11) is 0. The minimum atomic E-state index is -0.336. The van der Waals surface area contributed by atoms with Crippen LogP contribution in [0.5, 0.6) is 0 Å². The Morgan fingerprint density at radius 3 is 2.31 bits per heavy atom. The molecule has 0 radical (unpaired) electrons. The fourth-order valence-electron chi connectivity index (χ4n) is 6.79. The number of nitrogens with zero attached hydrogens (tertiary/aromatic N) is 3. The zero-order valence-corrected chi connectivity index (χ0v) is 18.9. The van der Waals surface area contributed by atoms with Gasteiger partial charge in [0.2, 0.25) is 0 Å². The molecule has 0 aliphatic heterocycles. The van der Waals surface area contributed by atoms with Crippen LogP contribution in [0, 0.1) is 23.6 Å². The second-order valence-electron chi connectivity index (χ2n) is 10.2. The van der Waals surface area contributed by atoms with E-state index >= 15 is 0 Å². The van der Waals surface area contributed by atoms with E-state index in [9.17, 15) is 4.39 Å². The number of hydrogen-bond acceptors (Lipinski definition) is 3. The van der Waals surface area contributed by atoms with Crippen molar-refractivity contribution in [1.82, 2.24) is 20.3 Å². The van der Waals surface area contributed by atoms with E-state index in [1.807, 2.05) is 18.2 Å². The molecule has 1 aromatic heterocycles. The molecule has 4 fully saturated rings. The molecule has 7 rings (SSSR count). The lowest BCUT2D eigenvalue weighted by atomic mass is 9.53. The average Bonchev–Trinajstić information content (AvgIpc) is 3.17. The molecule has 0 amide bonds. The Morgan fingerprint density at radius 2 is 1.66 bits per heavy atom. The van der Waals surface area contributed by atoms with Crippen molar-refractivity contribution in [2.75, 3.05) is 0 Å². The highest BCUT2D eigenvalue weighted by molar-refractivity contribution is 6.31. The third kappa shape index (κ3) is 3.86. The van der Waals surface area contributed by atoms with E-state index in [0.717, 1.165) is 40.3 Å². The highest BCUT2D eigenvalue weighted by Gasteiger charge is 2.50. The maximum Gasteiger partial charge on any atom is 0.124 e. The number of aromatic nitrogens is 3. The molecule has 4 aliphatic rings. The minimum absolute atomic E-state index is 0.271. The average molecular weight is 451 g/mol. The van der Waals surface area contributed by atoms with Crippen molar-refractivity contribution < 1.29 is 4.39 Å². The van der Waals surface area contributed by atoms with Crippen molar-refractivity contribution >= 4 is 11.6 Å². The normalized spacial score (nSPS) is 28.4. The standard InChI is InChI=1S/C26H28ClFN4/c27-23-11-22(28)7-6-21(23)16-32-30-24(25(31-32)20-4-2-1-3-5-20)15-29-26-12-17-8-18(13-26)10-19(9-17)14-26/h1-7,11,17-19,29H,8-10,12-16H2. The van der Waals surface area contributed by atoms with Crippen LogP contribution in [0.15, 0.2) is 48.5 Å². The molecule has 0 atom stereocenters. The van der Waals surface area contributed by atoms with Gasteiger partial charge in [-0.1, -0.05) is 48.0 Å². The lowest BCUT2D eigenvalue weighted by Gasteiger charge is -2.57. The van der Waals surface area contributed by atoms with Gasteiger partial charge in [-0.3, -0.25) is 0 Å². The summed E-state index contributed by atoms with van der Waals surface area (Å²) in [5, 5.41) is 14.0. The lowest BCUT2D eigenvalue weighted by Crippen LogP contribution is -2.58. The molecule has 2 aromatic carbocycles. The van der Waals surface area contributed by atoms with E-state index in [-0.39, 0.29) is 11.4 Å². The maximum absolute atomic E-state index is 13.5. The SMILES string of the molecule is Fc1ccc(Cn2nc(CNC34CC5CC(CC(C5)C3)C4)c(-c3ccccc3)n2)c(Cl)c1. The first kappa shape index (κ1) is 20.4. The topological polar surface area (TPSA) is 42.7 Å².